The molecule has 1 atom stereocenters. The molecule has 0 saturated heterocycles. The van der Waals surface area contributed by atoms with Crippen LogP contribution in [0, 0.1) is 0 Å². The molecular weight excluding hydrogens is 248 g/mol. The number of hydrogen-bond acceptors (Lipinski definition) is 3. The maximum absolute atomic E-state index is 11.8. The highest BCUT2D eigenvalue weighted by molar-refractivity contribution is 7.80. The number of rotatable bonds is 6. The highest BCUT2D eigenvalue weighted by atomic mass is 32.1. The Labute approximate surface area is 112 Å². The molecule has 0 spiro atoms. The summed E-state index contributed by atoms with van der Waals surface area (Å²) in [4.78, 5) is 12.3. The summed E-state index contributed by atoms with van der Waals surface area (Å²) in [5.74, 6) is -0.183. The molecule has 0 heterocycles. The van der Waals surface area contributed by atoms with E-state index in [9.17, 15) is 4.79 Å². The third-order valence-corrected chi connectivity index (χ3v) is 2.79. The number of aliphatic hydroxyl groups excluding tert-OH is 1. The lowest BCUT2D eigenvalue weighted by molar-refractivity contribution is 0.0915. The highest BCUT2D eigenvalue weighted by Gasteiger charge is 2.10. The van der Waals surface area contributed by atoms with Crippen LogP contribution in [0.4, 0.5) is 0 Å². The normalized spacial score (nSPS) is 11.9. The van der Waals surface area contributed by atoms with Gasteiger partial charge >= 0.3 is 0 Å². The molecule has 1 unspecified atom stereocenters. The predicted molar refractivity (Wildman–Crippen MR) is 75.6 cm³/mol. The molecule has 0 aromatic heterocycles. The van der Waals surface area contributed by atoms with E-state index < -0.39 is 0 Å². The first kappa shape index (κ1) is 14.6. The molecule has 1 aromatic rings. The van der Waals surface area contributed by atoms with E-state index in [2.05, 4.69) is 5.32 Å². The van der Waals surface area contributed by atoms with Crippen LogP contribution in [0.1, 0.15) is 29.3 Å². The Kier molecular flexibility index (Phi) is 5.74. The van der Waals surface area contributed by atoms with Crippen LogP contribution >= 0.6 is 12.2 Å². The monoisotopic (exact) mass is 266 g/mol. The summed E-state index contributed by atoms with van der Waals surface area (Å²) in [6, 6.07) is 6.91. The lowest BCUT2D eigenvalue weighted by Gasteiger charge is -2.14. The molecule has 0 bridgehead atoms. The van der Waals surface area contributed by atoms with E-state index in [1.165, 1.54) is 0 Å². The summed E-state index contributed by atoms with van der Waals surface area (Å²) < 4.78 is 0. The van der Waals surface area contributed by atoms with Gasteiger partial charge in [0.25, 0.3) is 5.91 Å². The predicted octanol–water partition coefficient (Wildman–Crippen LogP) is 1.02. The molecule has 0 radical (unpaired) electrons. The lowest BCUT2D eigenvalue weighted by atomic mass is 10.1. The van der Waals surface area contributed by atoms with Gasteiger partial charge in [-0.05, 0) is 24.1 Å². The second kappa shape index (κ2) is 7.08. The van der Waals surface area contributed by atoms with Crippen molar-refractivity contribution in [2.75, 3.05) is 6.61 Å². The molecule has 4 nitrogen and oxygen atoms in total. The zero-order valence-electron chi connectivity index (χ0n) is 10.3. The summed E-state index contributed by atoms with van der Waals surface area (Å²) in [6.45, 7) is 1.86. The van der Waals surface area contributed by atoms with Gasteiger partial charge in [0.15, 0.2) is 0 Å². The summed E-state index contributed by atoms with van der Waals surface area (Å²) in [7, 11) is 0. The standard InChI is InChI=1S/C13H18N2O2S/c1-2-11(8-16)15-13(17)10-5-3-9(4-6-10)7-12(14)18/h3-6,11,16H,2,7-8H2,1H3,(H2,14,18)(H,15,17). The van der Waals surface area contributed by atoms with E-state index in [-0.39, 0.29) is 18.6 Å². The minimum Gasteiger partial charge on any atom is -0.394 e. The van der Waals surface area contributed by atoms with Crippen molar-refractivity contribution in [3.8, 4) is 0 Å². The fourth-order valence-electron chi connectivity index (χ4n) is 1.52. The molecule has 5 heteroatoms. The topological polar surface area (TPSA) is 75.3 Å². The van der Waals surface area contributed by atoms with E-state index in [4.69, 9.17) is 23.1 Å². The van der Waals surface area contributed by atoms with E-state index >= 15 is 0 Å². The van der Waals surface area contributed by atoms with Crippen LogP contribution in [0.25, 0.3) is 0 Å². The first-order valence-corrected chi connectivity index (χ1v) is 6.26. The number of carbonyl (C=O) groups excluding carboxylic acids is 1. The van der Waals surface area contributed by atoms with E-state index in [1.54, 1.807) is 12.1 Å². The number of hydrogen-bond donors (Lipinski definition) is 3. The van der Waals surface area contributed by atoms with Gasteiger partial charge in [0.1, 0.15) is 0 Å². The minimum atomic E-state index is -0.200. The van der Waals surface area contributed by atoms with Crippen LogP contribution in [0.2, 0.25) is 0 Å². The van der Waals surface area contributed by atoms with Crippen LogP contribution in [0.3, 0.4) is 0 Å². The zero-order chi connectivity index (χ0) is 13.5. The molecule has 1 rings (SSSR count). The van der Waals surface area contributed by atoms with Crippen molar-refractivity contribution in [2.24, 2.45) is 5.73 Å². The summed E-state index contributed by atoms with van der Waals surface area (Å²) in [6.07, 6.45) is 1.23. The largest absolute Gasteiger partial charge is 0.394 e. The third kappa shape index (κ3) is 4.43. The van der Waals surface area contributed by atoms with E-state index in [0.717, 1.165) is 5.56 Å². The SMILES string of the molecule is CCC(CO)NC(=O)c1ccc(CC(N)=S)cc1. The van der Waals surface area contributed by atoms with Crippen LogP contribution in [0.15, 0.2) is 24.3 Å². The van der Waals surface area contributed by atoms with Gasteiger partial charge in [-0.15, -0.1) is 0 Å². The number of amides is 1. The third-order valence-electron chi connectivity index (χ3n) is 2.64. The molecular formula is C13H18N2O2S. The Morgan fingerprint density at radius 2 is 2.06 bits per heavy atom. The molecule has 0 fully saturated rings. The molecule has 4 N–H and O–H groups in total. The van der Waals surface area contributed by atoms with Gasteiger partial charge in [-0.1, -0.05) is 31.3 Å². The van der Waals surface area contributed by atoms with Gasteiger partial charge in [-0.3, -0.25) is 4.79 Å². The quantitative estimate of drug-likeness (QED) is 0.672. The number of carbonyl (C=O) groups is 1. The minimum absolute atomic E-state index is 0.0538. The maximum atomic E-state index is 11.8. The fourth-order valence-corrected chi connectivity index (χ4v) is 1.69. The van der Waals surface area contributed by atoms with Gasteiger partial charge in [-0.2, -0.15) is 0 Å². The van der Waals surface area contributed by atoms with Gasteiger partial charge in [-0.25, -0.2) is 0 Å². The van der Waals surface area contributed by atoms with Crippen molar-refractivity contribution < 1.29 is 9.90 Å². The number of aliphatic hydroxyl groups is 1. The second-order valence-corrected chi connectivity index (χ2v) is 4.63. The van der Waals surface area contributed by atoms with Crippen molar-refractivity contribution in [2.45, 2.75) is 25.8 Å². The summed E-state index contributed by atoms with van der Waals surface area (Å²) in [5.41, 5.74) is 6.99. The summed E-state index contributed by atoms with van der Waals surface area (Å²) >= 11 is 4.82. The van der Waals surface area contributed by atoms with Crippen LogP contribution in [0.5, 0.6) is 0 Å². The Morgan fingerprint density at radius 3 is 2.50 bits per heavy atom. The van der Waals surface area contributed by atoms with Gasteiger partial charge in [0, 0.05) is 12.0 Å². The molecule has 18 heavy (non-hydrogen) atoms. The van der Waals surface area contributed by atoms with Crippen molar-refractivity contribution in [3.05, 3.63) is 35.4 Å². The maximum Gasteiger partial charge on any atom is 0.251 e. The van der Waals surface area contributed by atoms with Gasteiger partial charge in [0.2, 0.25) is 0 Å². The Bertz CT molecular complexity index is 414. The van der Waals surface area contributed by atoms with Crippen LogP contribution in [-0.2, 0) is 6.42 Å². The second-order valence-electron chi connectivity index (χ2n) is 4.10. The molecule has 0 aliphatic carbocycles. The van der Waals surface area contributed by atoms with Gasteiger partial charge < -0.3 is 16.2 Å². The molecule has 98 valence electrons. The number of thiocarbonyl (C=S) groups is 1. The first-order chi connectivity index (χ1) is 8.56. The van der Waals surface area contributed by atoms with E-state index in [1.807, 2.05) is 19.1 Å². The summed E-state index contributed by atoms with van der Waals surface area (Å²) in [5, 5.41) is 11.8. The van der Waals surface area contributed by atoms with E-state index in [0.29, 0.717) is 23.4 Å². The number of benzene rings is 1. The molecule has 0 saturated carbocycles. The number of nitrogens with one attached hydrogen (secondary N) is 1. The Hall–Kier alpha value is -1.46. The van der Waals surface area contributed by atoms with Crippen LogP contribution < -0.4 is 11.1 Å². The van der Waals surface area contributed by atoms with Crippen LogP contribution in [-0.4, -0.2) is 28.7 Å². The van der Waals surface area contributed by atoms with Crippen molar-refractivity contribution in [3.63, 3.8) is 0 Å². The highest BCUT2D eigenvalue weighted by Crippen LogP contribution is 2.06. The fraction of sp³-hybridized carbons (Fsp3) is 0.385. The van der Waals surface area contributed by atoms with Crippen molar-refractivity contribution in [1.29, 1.82) is 0 Å². The Morgan fingerprint density at radius 1 is 1.44 bits per heavy atom. The first-order valence-electron chi connectivity index (χ1n) is 5.85. The van der Waals surface area contributed by atoms with Gasteiger partial charge in [0.05, 0.1) is 17.6 Å². The molecule has 1 amide bonds. The smallest absolute Gasteiger partial charge is 0.251 e. The molecule has 0 aliphatic heterocycles. The van der Waals surface area contributed by atoms with Crippen molar-refractivity contribution in [1.82, 2.24) is 5.32 Å². The molecule has 0 aliphatic rings. The Balaban J connectivity index is 2.67. The number of nitrogens with two attached hydrogens (primary N) is 1. The lowest BCUT2D eigenvalue weighted by Crippen LogP contribution is -2.36. The zero-order valence-corrected chi connectivity index (χ0v) is 11.2. The van der Waals surface area contributed by atoms with Crippen molar-refractivity contribution >= 4 is 23.1 Å². The average molecular weight is 266 g/mol. The molecule has 1 aromatic carbocycles. The average Bonchev–Trinajstić information content (AvgIpc) is 2.35.